The minimum Gasteiger partial charge on any atom is -0.507 e. The van der Waals surface area contributed by atoms with Crippen LogP contribution in [0.3, 0.4) is 0 Å². The van der Waals surface area contributed by atoms with Crippen molar-refractivity contribution in [2.45, 2.75) is 20.3 Å². The fourth-order valence-electron chi connectivity index (χ4n) is 2.25. The first kappa shape index (κ1) is 16.5. The number of hydrazone groups is 1. The lowest BCUT2D eigenvalue weighted by Crippen LogP contribution is -2.19. The van der Waals surface area contributed by atoms with Crippen molar-refractivity contribution in [1.29, 1.82) is 0 Å². The number of aryl methyl sites for hydroxylation is 2. The Kier molecular flexibility index (Phi) is 5.36. The molecule has 0 bridgehead atoms. The summed E-state index contributed by atoms with van der Waals surface area (Å²) >= 11 is 0. The predicted octanol–water partition coefficient (Wildman–Crippen LogP) is 2.71. The number of methoxy groups -OCH3 is 1. The predicted molar refractivity (Wildman–Crippen MR) is 90.0 cm³/mol. The van der Waals surface area contributed by atoms with E-state index >= 15 is 0 Å². The molecule has 0 atom stereocenters. The van der Waals surface area contributed by atoms with Gasteiger partial charge < -0.3 is 9.84 Å². The van der Waals surface area contributed by atoms with Gasteiger partial charge in [0, 0.05) is 0 Å². The van der Waals surface area contributed by atoms with Gasteiger partial charge in [-0.1, -0.05) is 12.1 Å². The van der Waals surface area contributed by atoms with Gasteiger partial charge in [-0.15, -0.1) is 0 Å². The highest BCUT2D eigenvalue weighted by Crippen LogP contribution is 2.22. The van der Waals surface area contributed by atoms with E-state index in [0.29, 0.717) is 5.75 Å². The van der Waals surface area contributed by atoms with E-state index in [-0.39, 0.29) is 18.1 Å². The number of carbonyl (C=O) groups excluding carboxylic acids is 1. The average Bonchev–Trinajstić information content (AvgIpc) is 2.52. The maximum absolute atomic E-state index is 11.9. The lowest BCUT2D eigenvalue weighted by atomic mass is 10.1. The first-order chi connectivity index (χ1) is 11.0. The Labute approximate surface area is 135 Å². The van der Waals surface area contributed by atoms with Crippen molar-refractivity contribution in [3.8, 4) is 11.5 Å². The molecule has 0 unspecified atom stereocenters. The standard InChI is InChI=1S/C18H20N2O3/c1-12-7-15(8-13(2)18(12)22)11-19-20-17(21)10-14-5-4-6-16(9-14)23-3/h4-9,11,22H,10H2,1-3H3,(H,20,21)/b19-11+. The SMILES string of the molecule is COc1cccc(CC(=O)N/N=C/c2cc(C)c(O)c(C)c2)c1. The van der Waals surface area contributed by atoms with Crippen molar-refractivity contribution in [2.75, 3.05) is 7.11 Å². The van der Waals surface area contributed by atoms with Gasteiger partial charge in [0.25, 0.3) is 0 Å². The lowest BCUT2D eigenvalue weighted by Gasteiger charge is -2.05. The Hall–Kier alpha value is -2.82. The molecule has 0 aliphatic rings. The van der Waals surface area contributed by atoms with Crippen LogP contribution in [0, 0.1) is 13.8 Å². The zero-order chi connectivity index (χ0) is 16.8. The molecule has 2 N–H and O–H groups in total. The highest BCUT2D eigenvalue weighted by Gasteiger charge is 2.04. The largest absolute Gasteiger partial charge is 0.507 e. The third-order valence-corrected chi connectivity index (χ3v) is 3.42. The van der Waals surface area contributed by atoms with Gasteiger partial charge in [0.2, 0.25) is 5.91 Å². The van der Waals surface area contributed by atoms with Crippen LogP contribution in [-0.4, -0.2) is 24.3 Å². The summed E-state index contributed by atoms with van der Waals surface area (Å²) in [6.45, 7) is 3.64. The molecule has 23 heavy (non-hydrogen) atoms. The molecule has 0 aliphatic heterocycles. The van der Waals surface area contributed by atoms with Crippen LogP contribution in [0.4, 0.5) is 0 Å². The average molecular weight is 312 g/mol. The second kappa shape index (κ2) is 7.45. The molecule has 5 nitrogen and oxygen atoms in total. The van der Waals surface area contributed by atoms with Crippen molar-refractivity contribution in [3.63, 3.8) is 0 Å². The fraction of sp³-hybridized carbons (Fsp3) is 0.222. The van der Waals surface area contributed by atoms with Gasteiger partial charge >= 0.3 is 0 Å². The summed E-state index contributed by atoms with van der Waals surface area (Å²) in [5.41, 5.74) is 5.72. The number of benzene rings is 2. The number of phenols is 1. The number of amides is 1. The molecule has 0 saturated carbocycles. The van der Waals surface area contributed by atoms with Gasteiger partial charge in [-0.05, 0) is 60.4 Å². The molecule has 0 fully saturated rings. The smallest absolute Gasteiger partial charge is 0.244 e. The van der Waals surface area contributed by atoms with Crippen molar-refractivity contribution in [2.24, 2.45) is 5.10 Å². The Morgan fingerprint density at radius 3 is 2.61 bits per heavy atom. The van der Waals surface area contributed by atoms with E-state index in [0.717, 1.165) is 22.3 Å². The summed E-state index contributed by atoms with van der Waals surface area (Å²) in [7, 11) is 1.59. The van der Waals surface area contributed by atoms with Crippen molar-refractivity contribution in [3.05, 3.63) is 58.7 Å². The monoisotopic (exact) mass is 312 g/mol. The van der Waals surface area contributed by atoms with Gasteiger partial charge in [-0.2, -0.15) is 5.10 Å². The zero-order valence-corrected chi connectivity index (χ0v) is 13.5. The molecular formula is C18H20N2O3. The molecule has 2 aromatic rings. The van der Waals surface area contributed by atoms with Gasteiger partial charge in [-0.3, -0.25) is 4.79 Å². The summed E-state index contributed by atoms with van der Waals surface area (Å²) in [5.74, 6) is 0.791. The number of carbonyl (C=O) groups is 1. The minimum atomic E-state index is -0.207. The lowest BCUT2D eigenvalue weighted by molar-refractivity contribution is -0.120. The van der Waals surface area contributed by atoms with Crippen LogP contribution in [0.5, 0.6) is 11.5 Å². The molecule has 0 aromatic heterocycles. The maximum atomic E-state index is 11.9. The van der Waals surface area contributed by atoms with E-state index < -0.39 is 0 Å². The molecule has 0 heterocycles. The third kappa shape index (κ3) is 4.57. The highest BCUT2D eigenvalue weighted by atomic mass is 16.5. The van der Waals surface area contributed by atoms with Crippen LogP contribution in [0.2, 0.25) is 0 Å². The second-order valence-electron chi connectivity index (χ2n) is 5.32. The van der Waals surface area contributed by atoms with Crippen LogP contribution >= 0.6 is 0 Å². The van der Waals surface area contributed by atoms with Crippen LogP contribution in [0.15, 0.2) is 41.5 Å². The first-order valence-electron chi connectivity index (χ1n) is 7.24. The number of hydrogen-bond donors (Lipinski definition) is 2. The molecule has 5 heteroatoms. The van der Waals surface area contributed by atoms with Gasteiger partial charge in [0.05, 0.1) is 19.7 Å². The third-order valence-electron chi connectivity index (χ3n) is 3.42. The van der Waals surface area contributed by atoms with Gasteiger partial charge in [0.15, 0.2) is 0 Å². The van der Waals surface area contributed by atoms with Gasteiger partial charge in [0.1, 0.15) is 11.5 Å². The van der Waals surface area contributed by atoms with Crippen LogP contribution in [-0.2, 0) is 11.2 Å². The molecule has 2 rings (SSSR count). The number of rotatable bonds is 5. The Morgan fingerprint density at radius 2 is 1.96 bits per heavy atom. The molecule has 1 amide bonds. The van der Waals surface area contributed by atoms with E-state index in [1.165, 1.54) is 0 Å². The summed E-state index contributed by atoms with van der Waals surface area (Å²) in [6, 6.07) is 11.0. The second-order valence-corrected chi connectivity index (χ2v) is 5.32. The maximum Gasteiger partial charge on any atom is 0.244 e. The first-order valence-corrected chi connectivity index (χ1v) is 7.24. The normalized spacial score (nSPS) is 10.7. The number of ether oxygens (including phenoxy) is 1. The van der Waals surface area contributed by atoms with E-state index in [4.69, 9.17) is 4.74 Å². The Balaban J connectivity index is 1.96. The molecular weight excluding hydrogens is 292 g/mol. The Morgan fingerprint density at radius 1 is 1.26 bits per heavy atom. The molecule has 0 aliphatic carbocycles. The molecule has 120 valence electrons. The van der Waals surface area contributed by atoms with E-state index in [9.17, 15) is 9.90 Å². The van der Waals surface area contributed by atoms with Crippen molar-refractivity contribution >= 4 is 12.1 Å². The highest BCUT2D eigenvalue weighted by molar-refractivity contribution is 5.84. The van der Waals surface area contributed by atoms with Gasteiger partial charge in [-0.25, -0.2) is 5.43 Å². The molecule has 0 radical (unpaired) electrons. The number of nitrogens with zero attached hydrogens (tertiary/aromatic N) is 1. The van der Waals surface area contributed by atoms with Crippen LogP contribution in [0.1, 0.15) is 22.3 Å². The van der Waals surface area contributed by atoms with Crippen molar-refractivity contribution in [1.82, 2.24) is 5.43 Å². The number of hydrogen-bond acceptors (Lipinski definition) is 4. The summed E-state index contributed by atoms with van der Waals surface area (Å²) in [4.78, 5) is 11.9. The molecule has 0 saturated heterocycles. The summed E-state index contributed by atoms with van der Waals surface area (Å²) in [6.07, 6.45) is 1.78. The molecule has 0 spiro atoms. The summed E-state index contributed by atoms with van der Waals surface area (Å²) in [5, 5.41) is 13.7. The topological polar surface area (TPSA) is 70.9 Å². The zero-order valence-electron chi connectivity index (χ0n) is 13.5. The van der Waals surface area contributed by atoms with E-state index in [1.54, 1.807) is 25.5 Å². The van der Waals surface area contributed by atoms with E-state index in [2.05, 4.69) is 10.5 Å². The van der Waals surface area contributed by atoms with Crippen LogP contribution in [0.25, 0.3) is 0 Å². The Bertz CT molecular complexity index is 716. The van der Waals surface area contributed by atoms with E-state index in [1.807, 2.05) is 38.1 Å². The quantitative estimate of drug-likeness (QED) is 0.659. The number of phenolic OH excluding ortho intramolecular Hbond substituents is 1. The fourth-order valence-corrected chi connectivity index (χ4v) is 2.25. The molecule has 2 aromatic carbocycles. The van der Waals surface area contributed by atoms with Crippen molar-refractivity contribution < 1.29 is 14.6 Å². The number of aromatic hydroxyl groups is 1. The minimum absolute atomic E-state index is 0.207. The summed E-state index contributed by atoms with van der Waals surface area (Å²) < 4.78 is 5.13. The van der Waals surface area contributed by atoms with Crippen LogP contribution < -0.4 is 10.2 Å². The number of nitrogens with one attached hydrogen (secondary N) is 1.